The van der Waals surface area contributed by atoms with E-state index in [4.69, 9.17) is 9.47 Å². The minimum Gasteiger partial charge on any atom is -0.494 e. The normalized spacial score (nSPS) is 29.5. The number of aromatic nitrogens is 1. The van der Waals surface area contributed by atoms with Crippen LogP contribution in [0.4, 0.5) is 14.9 Å². The molecule has 1 aromatic carbocycles. The van der Waals surface area contributed by atoms with Gasteiger partial charge in [0.15, 0.2) is 0 Å². The van der Waals surface area contributed by atoms with Gasteiger partial charge in [0.2, 0.25) is 27.7 Å². The standard InChI is InChI=1S/C37H49FN6O9S/c1-21-8-6-7-9-23-17-37(23,34(47)42-54(50,51)36(20-38)12-13-36)41-31(45)28-16-25(19-44(28)33(46)30(22(2)14-21)40-35(48)49)53-32-26-11-10-24(43(3)4)15-27(26)29(52-5)18-39-32/h7,9-11,15,18,21-23,25,28,30,40H,6,8,12-14,16-17,19-20H2,1-5H3,(H,41,45)(H,42,47)(H,48,49)/t21-,22-,23-,25-,28+,30+,37-/m1/s1. The summed E-state index contributed by atoms with van der Waals surface area (Å²) in [6, 6.07) is 3.22. The Balaban J connectivity index is 1.35. The minimum absolute atomic E-state index is 0.0470. The van der Waals surface area contributed by atoms with Crippen molar-refractivity contribution in [3.05, 3.63) is 36.5 Å². The highest BCUT2D eigenvalue weighted by Gasteiger charge is 2.64. The van der Waals surface area contributed by atoms with Gasteiger partial charge in [-0.25, -0.2) is 22.6 Å². The van der Waals surface area contributed by atoms with E-state index in [0.29, 0.717) is 30.4 Å². The molecule has 15 nitrogen and oxygen atoms in total. The van der Waals surface area contributed by atoms with E-state index >= 15 is 0 Å². The highest BCUT2D eigenvalue weighted by Crippen LogP contribution is 2.48. The first kappa shape index (κ1) is 39.0. The monoisotopic (exact) mass is 772 g/mol. The number of nitrogens with zero attached hydrogens (tertiary/aromatic N) is 3. The number of hydrogen-bond donors (Lipinski definition) is 4. The molecule has 0 spiro atoms. The summed E-state index contributed by atoms with van der Waals surface area (Å²) in [5.41, 5.74) is -0.764. The van der Waals surface area contributed by atoms with Crippen LogP contribution in [0.2, 0.25) is 0 Å². The van der Waals surface area contributed by atoms with Crippen LogP contribution in [0.5, 0.6) is 11.6 Å². The molecule has 6 rings (SSSR count). The van der Waals surface area contributed by atoms with Gasteiger partial charge in [-0.15, -0.1) is 0 Å². The van der Waals surface area contributed by atoms with Crippen LogP contribution in [0.1, 0.15) is 58.8 Å². The van der Waals surface area contributed by atoms with Crippen molar-refractivity contribution in [1.29, 1.82) is 0 Å². The Morgan fingerprint density at radius 2 is 1.91 bits per heavy atom. The SMILES string of the molecule is COc1cnc(O[C@@H]2C[C@H]3C(=O)N[C@]4(C(=O)NS(=O)(=O)C5(CF)CC5)C[C@H]4C=CCC[C@@H](C)C[C@@H](C)[C@H](NC(=O)O)C(=O)N3C2)c2ccc(N(C)C)cc12. The third-order valence-corrected chi connectivity index (χ3v) is 13.5. The Kier molecular flexibility index (Phi) is 10.7. The molecule has 3 fully saturated rings. The fourth-order valence-corrected chi connectivity index (χ4v) is 9.18. The number of rotatable bonds is 9. The number of pyridine rings is 1. The smallest absolute Gasteiger partial charge is 0.405 e. The largest absolute Gasteiger partial charge is 0.494 e. The third kappa shape index (κ3) is 7.51. The number of anilines is 1. The summed E-state index contributed by atoms with van der Waals surface area (Å²) in [5, 5.41) is 16.3. The predicted octanol–water partition coefficient (Wildman–Crippen LogP) is 3.13. The Labute approximate surface area is 314 Å². The van der Waals surface area contributed by atoms with Crippen LogP contribution in [0, 0.1) is 17.8 Å². The van der Waals surface area contributed by atoms with Gasteiger partial charge in [-0.05, 0) is 68.6 Å². The van der Waals surface area contributed by atoms with Gasteiger partial charge in [-0.3, -0.25) is 19.1 Å². The highest BCUT2D eigenvalue weighted by molar-refractivity contribution is 7.91. The van der Waals surface area contributed by atoms with Gasteiger partial charge in [0, 0.05) is 42.9 Å². The third-order valence-electron chi connectivity index (χ3n) is 11.4. The lowest BCUT2D eigenvalue weighted by atomic mass is 9.88. The summed E-state index contributed by atoms with van der Waals surface area (Å²) in [7, 11) is 0.949. The molecular formula is C37H49FN6O9S. The fourth-order valence-electron chi connectivity index (χ4n) is 7.76. The zero-order chi connectivity index (χ0) is 39.2. The lowest BCUT2D eigenvalue weighted by Gasteiger charge is -2.32. The molecule has 3 heterocycles. The Bertz CT molecular complexity index is 1960. The molecule has 4 aliphatic rings. The van der Waals surface area contributed by atoms with Gasteiger partial charge in [-0.2, -0.15) is 0 Å². The second-order valence-corrected chi connectivity index (χ2v) is 17.6. The van der Waals surface area contributed by atoms with E-state index in [-0.39, 0.29) is 44.0 Å². The van der Waals surface area contributed by atoms with Crippen molar-refractivity contribution in [2.24, 2.45) is 17.8 Å². The molecule has 0 unspecified atom stereocenters. The topological polar surface area (TPSA) is 197 Å². The maximum Gasteiger partial charge on any atom is 0.405 e. The van der Waals surface area contributed by atoms with Crippen LogP contribution in [-0.4, -0.2) is 110 Å². The quantitative estimate of drug-likeness (QED) is 0.274. The molecule has 54 heavy (non-hydrogen) atoms. The summed E-state index contributed by atoms with van der Waals surface area (Å²) < 4.78 is 52.4. The number of sulfonamides is 1. The number of amides is 4. The first-order chi connectivity index (χ1) is 25.5. The van der Waals surface area contributed by atoms with Crippen molar-refractivity contribution in [1.82, 2.24) is 25.2 Å². The second-order valence-electron chi connectivity index (χ2n) is 15.5. The van der Waals surface area contributed by atoms with Gasteiger partial charge in [0.05, 0.1) is 19.9 Å². The molecule has 2 aliphatic carbocycles. The number of carboxylic acid groups (broad SMARTS) is 1. The van der Waals surface area contributed by atoms with E-state index < -0.39 is 80.8 Å². The van der Waals surface area contributed by atoms with Crippen LogP contribution in [0.15, 0.2) is 36.5 Å². The lowest BCUT2D eigenvalue weighted by Crippen LogP contribution is -2.59. The zero-order valence-corrected chi connectivity index (χ0v) is 31.9. The number of carbonyl (C=O) groups is 4. The first-order valence-corrected chi connectivity index (χ1v) is 19.7. The molecule has 294 valence electrons. The van der Waals surface area contributed by atoms with Gasteiger partial charge in [-0.1, -0.05) is 26.0 Å². The summed E-state index contributed by atoms with van der Waals surface area (Å²) in [6.07, 6.45) is 4.99. The molecule has 2 saturated carbocycles. The van der Waals surface area contributed by atoms with Crippen LogP contribution in [0.25, 0.3) is 10.8 Å². The molecule has 4 amide bonds. The van der Waals surface area contributed by atoms with Crippen LogP contribution in [-0.2, 0) is 24.4 Å². The predicted molar refractivity (Wildman–Crippen MR) is 197 cm³/mol. The number of fused-ring (bicyclic) bond motifs is 3. The zero-order valence-electron chi connectivity index (χ0n) is 31.1. The lowest BCUT2D eigenvalue weighted by molar-refractivity contribution is -0.142. The van der Waals surface area contributed by atoms with Crippen molar-refractivity contribution in [3.8, 4) is 11.6 Å². The minimum atomic E-state index is -4.39. The Hall–Kier alpha value is -4.67. The molecule has 4 N–H and O–H groups in total. The maximum atomic E-state index is 14.4. The summed E-state index contributed by atoms with van der Waals surface area (Å²) in [6.45, 7) is 2.54. The van der Waals surface area contributed by atoms with Gasteiger partial charge < -0.3 is 35.0 Å². The van der Waals surface area contributed by atoms with Crippen molar-refractivity contribution >= 4 is 50.3 Å². The number of hydrogen-bond acceptors (Lipinski definition) is 10. The maximum absolute atomic E-state index is 14.4. The first-order valence-electron chi connectivity index (χ1n) is 18.3. The van der Waals surface area contributed by atoms with Gasteiger partial charge in [0.25, 0.3) is 5.91 Å². The van der Waals surface area contributed by atoms with E-state index in [1.165, 1.54) is 18.2 Å². The molecule has 0 bridgehead atoms. The summed E-state index contributed by atoms with van der Waals surface area (Å²) in [4.78, 5) is 62.3. The van der Waals surface area contributed by atoms with Crippen molar-refractivity contribution in [2.45, 2.75) is 87.3 Å². The number of ether oxygens (including phenoxy) is 2. The Morgan fingerprint density at radius 1 is 1.17 bits per heavy atom. The number of nitrogens with one attached hydrogen (secondary N) is 3. The van der Waals surface area contributed by atoms with E-state index in [1.807, 2.05) is 50.2 Å². The average molecular weight is 773 g/mol. The fraction of sp³-hybridized carbons (Fsp3) is 0.595. The van der Waals surface area contributed by atoms with E-state index in [0.717, 1.165) is 11.1 Å². The number of methoxy groups -OCH3 is 1. The molecule has 1 saturated heterocycles. The summed E-state index contributed by atoms with van der Waals surface area (Å²) in [5.74, 6) is -2.52. The number of benzene rings is 1. The van der Waals surface area contributed by atoms with Crippen molar-refractivity contribution < 1.29 is 46.6 Å². The number of halogens is 1. The number of alkyl halides is 1. The highest BCUT2D eigenvalue weighted by atomic mass is 32.2. The molecule has 2 aliphatic heterocycles. The number of carbonyl (C=O) groups excluding carboxylic acids is 3. The van der Waals surface area contributed by atoms with Gasteiger partial charge >= 0.3 is 6.09 Å². The van der Waals surface area contributed by atoms with E-state index in [9.17, 15) is 37.1 Å². The molecule has 17 heteroatoms. The van der Waals surface area contributed by atoms with E-state index in [2.05, 4.69) is 20.3 Å². The Morgan fingerprint density at radius 3 is 2.56 bits per heavy atom. The van der Waals surface area contributed by atoms with Crippen LogP contribution >= 0.6 is 0 Å². The van der Waals surface area contributed by atoms with Crippen LogP contribution in [0.3, 0.4) is 0 Å². The van der Waals surface area contributed by atoms with Crippen molar-refractivity contribution in [2.75, 3.05) is 39.3 Å². The van der Waals surface area contributed by atoms with Crippen molar-refractivity contribution in [3.63, 3.8) is 0 Å². The second kappa shape index (κ2) is 14.9. The molecule has 1 aromatic heterocycles. The number of allylic oxidation sites excluding steroid dienone is 1. The van der Waals surface area contributed by atoms with E-state index in [1.54, 1.807) is 13.0 Å². The van der Waals surface area contributed by atoms with Crippen LogP contribution < -0.4 is 29.7 Å². The molecule has 0 radical (unpaired) electrons. The molecule has 2 aromatic rings. The molecule has 7 atom stereocenters. The van der Waals surface area contributed by atoms with Gasteiger partial charge in [0.1, 0.15) is 40.9 Å². The molecular weight excluding hydrogens is 724 g/mol. The summed E-state index contributed by atoms with van der Waals surface area (Å²) >= 11 is 0. The average Bonchev–Trinajstić information content (AvgIpc) is 4.03.